The molecule has 24 heavy (non-hydrogen) atoms. The van der Waals surface area contributed by atoms with Gasteiger partial charge < -0.3 is 0 Å². The molecule has 7 heteroatoms. The number of nitrogens with one attached hydrogen (secondary N) is 1. The fourth-order valence-electron chi connectivity index (χ4n) is 2.03. The van der Waals surface area contributed by atoms with Crippen molar-refractivity contribution in [3.8, 4) is 5.82 Å². The summed E-state index contributed by atoms with van der Waals surface area (Å²) in [6.45, 7) is 0.174. The van der Waals surface area contributed by atoms with Crippen LogP contribution in [-0.2, 0) is 16.6 Å². The van der Waals surface area contributed by atoms with Crippen LogP contribution in [0.25, 0.3) is 11.9 Å². The van der Waals surface area contributed by atoms with E-state index < -0.39 is 10.0 Å². The standard InChI is InChI=1S/C17H16N4O2S/c22-24(23,12-9-15-5-2-1-3-6-15)20-14-16-7-8-17(18-13-16)21-11-4-10-19-21/h1-13,20H,14H2. The summed E-state index contributed by atoms with van der Waals surface area (Å²) in [6, 6.07) is 14.7. The van der Waals surface area contributed by atoms with Crippen molar-refractivity contribution in [2.45, 2.75) is 6.54 Å². The smallest absolute Gasteiger partial charge is 0.234 e. The van der Waals surface area contributed by atoms with Crippen LogP contribution >= 0.6 is 0 Å². The van der Waals surface area contributed by atoms with E-state index in [1.165, 1.54) is 0 Å². The van der Waals surface area contributed by atoms with Crippen molar-refractivity contribution in [1.82, 2.24) is 19.5 Å². The van der Waals surface area contributed by atoms with E-state index in [0.717, 1.165) is 16.5 Å². The third-order valence-electron chi connectivity index (χ3n) is 3.26. The molecule has 0 fully saturated rings. The van der Waals surface area contributed by atoms with E-state index in [-0.39, 0.29) is 6.54 Å². The third-order valence-corrected chi connectivity index (χ3v) is 4.31. The van der Waals surface area contributed by atoms with E-state index in [1.54, 1.807) is 35.4 Å². The van der Waals surface area contributed by atoms with Gasteiger partial charge in [0, 0.05) is 30.5 Å². The topological polar surface area (TPSA) is 76.9 Å². The largest absolute Gasteiger partial charge is 0.237 e. The van der Waals surface area contributed by atoms with Crippen molar-refractivity contribution in [3.63, 3.8) is 0 Å². The van der Waals surface area contributed by atoms with E-state index >= 15 is 0 Å². The Morgan fingerprint density at radius 2 is 1.92 bits per heavy atom. The first kappa shape index (κ1) is 16.1. The van der Waals surface area contributed by atoms with Crippen LogP contribution in [0.2, 0.25) is 0 Å². The lowest BCUT2D eigenvalue weighted by atomic mass is 10.2. The molecular weight excluding hydrogens is 324 g/mol. The second-order valence-corrected chi connectivity index (χ2v) is 6.71. The minimum absolute atomic E-state index is 0.174. The molecule has 2 aromatic heterocycles. The third kappa shape index (κ3) is 4.37. The molecule has 0 aliphatic rings. The van der Waals surface area contributed by atoms with Gasteiger partial charge in [0.2, 0.25) is 10.0 Å². The van der Waals surface area contributed by atoms with Gasteiger partial charge in [0.05, 0.1) is 0 Å². The van der Waals surface area contributed by atoms with Gasteiger partial charge in [-0.15, -0.1) is 0 Å². The van der Waals surface area contributed by atoms with Crippen molar-refractivity contribution in [3.05, 3.63) is 83.7 Å². The Balaban J connectivity index is 1.61. The minimum atomic E-state index is -3.51. The summed E-state index contributed by atoms with van der Waals surface area (Å²) in [5.41, 5.74) is 1.59. The first-order valence-electron chi connectivity index (χ1n) is 7.30. The van der Waals surface area contributed by atoms with Gasteiger partial charge in [-0.3, -0.25) is 0 Å². The second kappa shape index (κ2) is 7.20. The van der Waals surface area contributed by atoms with Gasteiger partial charge in [0.1, 0.15) is 0 Å². The number of nitrogens with zero attached hydrogens (tertiary/aromatic N) is 3. The van der Waals surface area contributed by atoms with Crippen molar-refractivity contribution in [1.29, 1.82) is 0 Å². The summed E-state index contributed by atoms with van der Waals surface area (Å²) in [6.07, 6.45) is 6.64. The number of hydrogen-bond donors (Lipinski definition) is 1. The van der Waals surface area contributed by atoms with Crippen LogP contribution in [0.4, 0.5) is 0 Å². The quantitative estimate of drug-likeness (QED) is 0.747. The molecule has 0 spiro atoms. The van der Waals surface area contributed by atoms with E-state index in [4.69, 9.17) is 0 Å². The van der Waals surface area contributed by atoms with Crippen molar-refractivity contribution >= 4 is 16.1 Å². The number of aromatic nitrogens is 3. The van der Waals surface area contributed by atoms with Crippen molar-refractivity contribution in [2.24, 2.45) is 0 Å². The summed E-state index contributed by atoms with van der Waals surface area (Å²) < 4.78 is 28.2. The molecular formula is C17H16N4O2S. The monoisotopic (exact) mass is 340 g/mol. The summed E-state index contributed by atoms with van der Waals surface area (Å²) >= 11 is 0. The Hall–Kier alpha value is -2.77. The number of benzene rings is 1. The highest BCUT2D eigenvalue weighted by molar-refractivity contribution is 7.92. The van der Waals surface area contributed by atoms with Gasteiger partial charge in [0.15, 0.2) is 5.82 Å². The number of pyridine rings is 1. The zero-order valence-electron chi connectivity index (χ0n) is 12.8. The van der Waals surface area contributed by atoms with Crippen LogP contribution in [0.3, 0.4) is 0 Å². The SMILES string of the molecule is O=S(=O)(C=Cc1ccccc1)NCc1ccc(-n2cccn2)nc1. The minimum Gasteiger partial charge on any atom is -0.237 e. The molecule has 2 heterocycles. The van der Waals surface area contributed by atoms with E-state index in [2.05, 4.69) is 14.8 Å². The average molecular weight is 340 g/mol. The van der Waals surface area contributed by atoms with Gasteiger partial charge in [-0.2, -0.15) is 5.10 Å². The first-order chi connectivity index (χ1) is 11.6. The van der Waals surface area contributed by atoms with Crippen molar-refractivity contribution in [2.75, 3.05) is 0 Å². The molecule has 3 aromatic rings. The highest BCUT2D eigenvalue weighted by Gasteiger charge is 2.06. The van der Waals surface area contributed by atoms with Crippen LogP contribution in [0.5, 0.6) is 0 Å². The van der Waals surface area contributed by atoms with Gasteiger partial charge in [0.25, 0.3) is 0 Å². The molecule has 0 radical (unpaired) electrons. The Bertz CT molecular complexity index is 903. The molecule has 0 amide bonds. The number of rotatable bonds is 6. The molecule has 0 saturated heterocycles. The van der Waals surface area contributed by atoms with Gasteiger partial charge in [-0.25, -0.2) is 22.8 Å². The van der Waals surface area contributed by atoms with E-state index in [0.29, 0.717) is 5.82 Å². The maximum absolute atomic E-state index is 12.0. The molecule has 3 rings (SSSR count). The summed E-state index contributed by atoms with van der Waals surface area (Å²) in [7, 11) is -3.51. The first-order valence-corrected chi connectivity index (χ1v) is 8.85. The molecule has 1 aromatic carbocycles. The molecule has 0 bridgehead atoms. The van der Waals surface area contributed by atoms with Gasteiger partial charge in [-0.05, 0) is 29.3 Å². The van der Waals surface area contributed by atoms with E-state index in [1.807, 2.05) is 42.5 Å². The van der Waals surface area contributed by atoms with Crippen LogP contribution in [-0.4, -0.2) is 23.2 Å². The van der Waals surface area contributed by atoms with Gasteiger partial charge >= 0.3 is 0 Å². The molecule has 0 unspecified atom stereocenters. The second-order valence-electron chi connectivity index (χ2n) is 5.05. The molecule has 6 nitrogen and oxygen atoms in total. The average Bonchev–Trinajstić information content (AvgIpc) is 3.15. The Morgan fingerprint density at radius 3 is 2.58 bits per heavy atom. The maximum atomic E-state index is 12.0. The lowest BCUT2D eigenvalue weighted by Gasteiger charge is -2.05. The van der Waals surface area contributed by atoms with Crippen LogP contribution in [0.15, 0.2) is 72.5 Å². The normalized spacial score (nSPS) is 11.8. The number of sulfonamides is 1. The number of hydrogen-bond acceptors (Lipinski definition) is 4. The van der Waals surface area contributed by atoms with E-state index in [9.17, 15) is 8.42 Å². The fraction of sp³-hybridized carbons (Fsp3) is 0.0588. The maximum Gasteiger partial charge on any atom is 0.234 e. The molecule has 0 atom stereocenters. The van der Waals surface area contributed by atoms with Crippen LogP contribution in [0.1, 0.15) is 11.1 Å². The summed E-state index contributed by atoms with van der Waals surface area (Å²) in [5, 5.41) is 5.25. The zero-order valence-corrected chi connectivity index (χ0v) is 13.6. The fourth-order valence-corrected chi connectivity index (χ4v) is 2.83. The molecule has 0 aliphatic carbocycles. The Kier molecular flexibility index (Phi) is 4.83. The highest BCUT2D eigenvalue weighted by Crippen LogP contribution is 2.06. The predicted octanol–water partition coefficient (Wildman–Crippen LogP) is 2.36. The van der Waals surface area contributed by atoms with Crippen molar-refractivity contribution < 1.29 is 8.42 Å². The van der Waals surface area contributed by atoms with Crippen LogP contribution < -0.4 is 4.72 Å². The zero-order chi connectivity index (χ0) is 16.8. The van der Waals surface area contributed by atoms with Gasteiger partial charge in [-0.1, -0.05) is 36.4 Å². The molecule has 1 N–H and O–H groups in total. The molecule has 122 valence electrons. The summed E-state index contributed by atoms with van der Waals surface area (Å²) in [4.78, 5) is 4.26. The lowest BCUT2D eigenvalue weighted by Crippen LogP contribution is -2.20. The van der Waals surface area contributed by atoms with Crippen LogP contribution in [0, 0.1) is 0 Å². The molecule has 0 saturated carbocycles. The highest BCUT2D eigenvalue weighted by atomic mass is 32.2. The Labute approximate surface area is 140 Å². The summed E-state index contributed by atoms with van der Waals surface area (Å²) in [5.74, 6) is 0.676. The lowest BCUT2D eigenvalue weighted by molar-refractivity contribution is 0.590. The Morgan fingerprint density at radius 1 is 1.08 bits per heavy atom. The molecule has 0 aliphatic heterocycles. The predicted molar refractivity (Wildman–Crippen MR) is 92.6 cm³/mol.